The van der Waals surface area contributed by atoms with Gasteiger partial charge in [-0.15, -0.1) is 5.10 Å². The van der Waals surface area contributed by atoms with E-state index in [2.05, 4.69) is 24.0 Å². The van der Waals surface area contributed by atoms with Crippen molar-refractivity contribution in [3.05, 3.63) is 11.2 Å². The third kappa shape index (κ3) is 1.43. The van der Waals surface area contributed by atoms with Gasteiger partial charge in [0.25, 0.3) is 0 Å². The summed E-state index contributed by atoms with van der Waals surface area (Å²) in [6.45, 7) is 4.89. The molecule has 0 spiro atoms. The Bertz CT molecular complexity index is 494. The molecular weight excluding hydrogens is 248 g/mol. The molecule has 4 saturated carbocycles. The second-order valence-corrected chi connectivity index (χ2v) is 8.09. The standard InChI is InChI=1S/C14H19ClN2O/c1-12-3-9-4-13(2,6-12)8-14(5-9,7-12)10-16-17-11(15)18-10/h9H,3-8H2,1-2H3. The largest absolute Gasteiger partial charge is 0.412 e. The number of nitrogens with zero attached hydrogens (tertiary/aromatic N) is 2. The van der Waals surface area contributed by atoms with Gasteiger partial charge >= 0.3 is 5.35 Å². The Kier molecular flexibility index (Phi) is 1.95. The second-order valence-electron chi connectivity index (χ2n) is 7.77. The van der Waals surface area contributed by atoms with Crippen LogP contribution in [0, 0.1) is 16.7 Å². The van der Waals surface area contributed by atoms with E-state index in [9.17, 15) is 0 Å². The van der Waals surface area contributed by atoms with Gasteiger partial charge in [-0.1, -0.05) is 18.9 Å². The maximum absolute atomic E-state index is 5.83. The molecule has 1 aromatic heterocycles. The minimum absolute atomic E-state index is 0.114. The van der Waals surface area contributed by atoms with Gasteiger partial charge in [0.1, 0.15) is 0 Å². The molecule has 1 heterocycles. The molecule has 0 radical (unpaired) electrons. The van der Waals surface area contributed by atoms with E-state index in [1.807, 2.05) is 0 Å². The molecule has 2 atom stereocenters. The van der Waals surface area contributed by atoms with E-state index in [-0.39, 0.29) is 10.8 Å². The first kappa shape index (κ1) is 11.3. The highest BCUT2D eigenvalue weighted by molar-refractivity contribution is 6.27. The fourth-order valence-corrected chi connectivity index (χ4v) is 6.22. The number of hydrogen-bond donors (Lipinski definition) is 0. The van der Waals surface area contributed by atoms with Crippen molar-refractivity contribution in [1.29, 1.82) is 0 Å². The van der Waals surface area contributed by atoms with Crippen LogP contribution in [-0.2, 0) is 5.41 Å². The zero-order chi connectivity index (χ0) is 12.6. The van der Waals surface area contributed by atoms with Crippen LogP contribution in [-0.4, -0.2) is 10.2 Å². The van der Waals surface area contributed by atoms with Gasteiger partial charge in [0.05, 0.1) is 0 Å². The van der Waals surface area contributed by atoms with Crippen molar-refractivity contribution in [1.82, 2.24) is 10.2 Å². The lowest BCUT2D eigenvalue weighted by atomic mass is 9.40. The Balaban J connectivity index is 1.82. The van der Waals surface area contributed by atoms with Crippen molar-refractivity contribution in [2.45, 2.75) is 57.8 Å². The van der Waals surface area contributed by atoms with Gasteiger partial charge in [0.15, 0.2) is 0 Å². The summed E-state index contributed by atoms with van der Waals surface area (Å²) in [5.41, 5.74) is 1.05. The summed E-state index contributed by atoms with van der Waals surface area (Å²) in [7, 11) is 0. The van der Waals surface area contributed by atoms with E-state index in [1.165, 1.54) is 38.5 Å². The van der Waals surface area contributed by atoms with E-state index in [1.54, 1.807) is 0 Å². The van der Waals surface area contributed by atoms with Crippen LogP contribution in [0.5, 0.6) is 0 Å². The predicted octanol–water partition coefficient (Wildman–Crippen LogP) is 3.97. The fraction of sp³-hybridized carbons (Fsp3) is 0.857. The summed E-state index contributed by atoms with van der Waals surface area (Å²) in [5.74, 6) is 1.64. The van der Waals surface area contributed by atoms with Crippen LogP contribution in [0.15, 0.2) is 4.42 Å². The summed E-state index contributed by atoms with van der Waals surface area (Å²) in [5, 5.41) is 8.28. The number of halogens is 1. The second kappa shape index (κ2) is 3.12. The topological polar surface area (TPSA) is 38.9 Å². The molecule has 0 aliphatic heterocycles. The van der Waals surface area contributed by atoms with Crippen LogP contribution in [0.3, 0.4) is 0 Å². The summed E-state index contributed by atoms with van der Waals surface area (Å²) in [4.78, 5) is 0. The van der Waals surface area contributed by atoms with Crippen LogP contribution in [0.2, 0.25) is 5.35 Å². The zero-order valence-electron chi connectivity index (χ0n) is 11.0. The highest BCUT2D eigenvalue weighted by atomic mass is 35.5. The van der Waals surface area contributed by atoms with Crippen LogP contribution in [0.25, 0.3) is 0 Å². The maximum Gasteiger partial charge on any atom is 0.312 e. The van der Waals surface area contributed by atoms with Crippen molar-refractivity contribution in [2.75, 3.05) is 0 Å². The summed E-state index contributed by atoms with van der Waals surface area (Å²) >= 11 is 5.83. The zero-order valence-corrected chi connectivity index (χ0v) is 11.8. The summed E-state index contributed by atoms with van der Waals surface area (Å²) in [6.07, 6.45) is 7.74. The molecule has 4 aliphatic carbocycles. The molecule has 1 aromatic rings. The minimum atomic E-state index is 0.114. The minimum Gasteiger partial charge on any atom is -0.412 e. The van der Waals surface area contributed by atoms with E-state index in [0.717, 1.165) is 11.8 Å². The van der Waals surface area contributed by atoms with Crippen LogP contribution in [0.4, 0.5) is 0 Å². The lowest BCUT2D eigenvalue weighted by Crippen LogP contribution is -2.57. The normalized spacial score (nSPS) is 49.8. The lowest BCUT2D eigenvalue weighted by Gasteiger charge is -2.64. The van der Waals surface area contributed by atoms with Gasteiger partial charge in [-0.05, 0) is 66.9 Å². The molecule has 2 unspecified atom stereocenters. The van der Waals surface area contributed by atoms with E-state index >= 15 is 0 Å². The van der Waals surface area contributed by atoms with Gasteiger partial charge in [0, 0.05) is 5.41 Å². The van der Waals surface area contributed by atoms with Crippen molar-refractivity contribution < 1.29 is 4.42 Å². The molecule has 18 heavy (non-hydrogen) atoms. The monoisotopic (exact) mass is 266 g/mol. The average molecular weight is 267 g/mol. The first-order chi connectivity index (χ1) is 8.41. The Labute approximate surface area is 112 Å². The molecule has 0 amide bonds. The molecule has 98 valence electrons. The van der Waals surface area contributed by atoms with Crippen LogP contribution >= 0.6 is 11.6 Å². The smallest absolute Gasteiger partial charge is 0.312 e. The SMILES string of the molecule is CC12CC3CC(C)(C1)CC(c1nnc(Cl)o1)(C3)C2. The van der Waals surface area contributed by atoms with E-state index in [0.29, 0.717) is 10.8 Å². The average Bonchev–Trinajstić information content (AvgIpc) is 2.59. The molecule has 0 aromatic carbocycles. The van der Waals surface area contributed by atoms with Gasteiger partial charge in [-0.25, -0.2) is 0 Å². The molecule has 4 aliphatic rings. The van der Waals surface area contributed by atoms with Gasteiger partial charge < -0.3 is 4.42 Å². The van der Waals surface area contributed by atoms with Gasteiger partial charge in [-0.3, -0.25) is 0 Å². The lowest BCUT2D eigenvalue weighted by molar-refractivity contribution is -0.117. The molecule has 4 heteroatoms. The van der Waals surface area contributed by atoms with Gasteiger partial charge in [0.2, 0.25) is 5.89 Å². The van der Waals surface area contributed by atoms with Crippen molar-refractivity contribution in [3.8, 4) is 0 Å². The number of hydrogen-bond acceptors (Lipinski definition) is 3. The molecule has 4 bridgehead atoms. The summed E-state index contributed by atoms with van der Waals surface area (Å²) in [6, 6.07) is 0. The first-order valence-electron chi connectivity index (χ1n) is 6.90. The third-order valence-electron chi connectivity index (χ3n) is 5.48. The highest BCUT2D eigenvalue weighted by Gasteiger charge is 2.62. The Morgan fingerprint density at radius 1 is 1.06 bits per heavy atom. The third-order valence-corrected chi connectivity index (χ3v) is 5.63. The van der Waals surface area contributed by atoms with Crippen molar-refractivity contribution in [2.24, 2.45) is 16.7 Å². The number of rotatable bonds is 1. The Morgan fingerprint density at radius 3 is 2.22 bits per heavy atom. The quantitative estimate of drug-likeness (QED) is 0.772. The maximum atomic E-state index is 5.83. The molecule has 5 rings (SSSR count). The molecule has 3 nitrogen and oxygen atoms in total. The van der Waals surface area contributed by atoms with Crippen molar-refractivity contribution >= 4 is 11.6 Å². The highest BCUT2D eigenvalue weighted by Crippen LogP contribution is 2.69. The predicted molar refractivity (Wildman–Crippen MR) is 68.4 cm³/mol. The van der Waals surface area contributed by atoms with Crippen molar-refractivity contribution in [3.63, 3.8) is 0 Å². The molecular formula is C14H19ClN2O. The number of aromatic nitrogens is 2. The molecule has 4 fully saturated rings. The van der Waals surface area contributed by atoms with Crippen LogP contribution < -0.4 is 0 Å². The Hall–Kier alpha value is -0.570. The van der Waals surface area contributed by atoms with E-state index < -0.39 is 0 Å². The first-order valence-corrected chi connectivity index (χ1v) is 7.28. The van der Waals surface area contributed by atoms with Crippen LogP contribution in [0.1, 0.15) is 58.3 Å². The Morgan fingerprint density at radius 2 is 1.72 bits per heavy atom. The fourth-order valence-electron chi connectivity index (χ4n) is 6.11. The molecule has 0 saturated heterocycles. The summed E-state index contributed by atoms with van der Waals surface area (Å²) < 4.78 is 5.60. The molecule has 0 N–H and O–H groups in total. The van der Waals surface area contributed by atoms with Gasteiger partial charge in [-0.2, -0.15) is 0 Å². The van der Waals surface area contributed by atoms with E-state index in [4.69, 9.17) is 16.0 Å².